The van der Waals surface area contributed by atoms with Gasteiger partial charge in [0.05, 0.1) is 45.2 Å². The molecule has 594 valence electrons. The molecule has 0 unspecified atom stereocenters. The Balaban J connectivity index is 0.000000122. The lowest BCUT2D eigenvalue weighted by Crippen LogP contribution is -2.42. The van der Waals surface area contributed by atoms with Crippen LogP contribution in [0.1, 0.15) is 126 Å². The number of benzene rings is 8. The van der Waals surface area contributed by atoms with Crippen LogP contribution < -0.4 is 85.8 Å². The third-order valence-corrected chi connectivity index (χ3v) is 22.2. The summed E-state index contributed by atoms with van der Waals surface area (Å²) in [4.78, 5) is 115. The van der Waals surface area contributed by atoms with E-state index in [-0.39, 0.29) is 22.4 Å². The first-order valence-electron chi connectivity index (χ1n) is 40.6. The highest BCUT2D eigenvalue weighted by Gasteiger charge is 2.30. The maximum absolute atomic E-state index is 12.6. The number of aryl methyl sites for hydroxylation is 11. The van der Waals surface area contributed by atoms with Crippen molar-refractivity contribution >= 4 is 93.7 Å². The summed E-state index contributed by atoms with van der Waals surface area (Å²) in [5.41, 5.74) is 20.8. The molecule has 18 rings (SSSR count). The van der Waals surface area contributed by atoms with Gasteiger partial charge in [-0.05, 0) is 229 Å². The van der Waals surface area contributed by atoms with Gasteiger partial charge in [-0.1, -0.05) is 154 Å². The van der Waals surface area contributed by atoms with Crippen LogP contribution in [0.4, 0.5) is 63.0 Å². The fourth-order valence-corrected chi connectivity index (χ4v) is 15.6. The van der Waals surface area contributed by atoms with E-state index in [1.165, 1.54) is 66.3 Å². The summed E-state index contributed by atoms with van der Waals surface area (Å²) in [5, 5.41) is 8.43. The summed E-state index contributed by atoms with van der Waals surface area (Å²) in [6, 6.07) is 59.5. The average molecular weight is 1560 g/mol. The normalized spacial score (nSPS) is 13.5. The van der Waals surface area contributed by atoms with Crippen molar-refractivity contribution in [3.63, 3.8) is 0 Å². The summed E-state index contributed by atoms with van der Waals surface area (Å²) in [6.07, 6.45) is 16.0. The number of rotatable bonds is 21. The van der Waals surface area contributed by atoms with Gasteiger partial charge in [0, 0.05) is 49.6 Å². The Hall–Kier alpha value is -13.3. The lowest BCUT2D eigenvalue weighted by molar-refractivity contribution is 0.615. The third-order valence-electron chi connectivity index (χ3n) is 22.2. The molecule has 0 bridgehead atoms. The Kier molecular flexibility index (Phi) is 23.7. The lowest BCUT2D eigenvalue weighted by Gasteiger charge is -2.29. The lowest BCUT2D eigenvalue weighted by atomic mass is 10.0. The summed E-state index contributed by atoms with van der Waals surface area (Å²) in [6.45, 7) is 26.8. The predicted octanol–water partition coefficient (Wildman–Crippen LogP) is 13.0. The second-order valence-corrected chi connectivity index (χ2v) is 31.1. The van der Waals surface area contributed by atoms with Crippen LogP contribution in [0.3, 0.4) is 0 Å². The molecular formula is C94H98N18O5. The van der Waals surface area contributed by atoms with Crippen LogP contribution in [0, 0.1) is 41.5 Å². The molecule has 11 aromatic rings. The van der Waals surface area contributed by atoms with Gasteiger partial charge in [-0.3, -0.25) is 24.2 Å². The molecule has 2 saturated carbocycles. The molecule has 7 aliphatic rings. The zero-order valence-corrected chi connectivity index (χ0v) is 67.3. The van der Waals surface area contributed by atoms with Crippen molar-refractivity contribution in [3.05, 3.63) is 310 Å². The predicted molar refractivity (Wildman–Crippen MR) is 468 cm³/mol. The first kappa shape index (κ1) is 78.9. The van der Waals surface area contributed by atoms with Gasteiger partial charge in [-0.25, -0.2) is 39.7 Å². The van der Waals surface area contributed by atoms with Gasteiger partial charge in [-0.2, -0.15) is 4.98 Å². The minimum atomic E-state index is -0.638. The molecule has 8 heterocycles. The molecule has 3 aromatic heterocycles. The zero-order chi connectivity index (χ0) is 81.4. The highest BCUT2D eigenvalue weighted by Crippen LogP contribution is 2.43. The smallest absolute Gasteiger partial charge is 0.349 e. The molecule has 23 heteroatoms. The van der Waals surface area contributed by atoms with Crippen molar-refractivity contribution in [1.82, 2.24) is 49.4 Å². The standard InChI is InChI=1S/C26H29N5O.C24H25N5O.C22H22N4O2.C22H22N4O/c1-17-15-22-23(16-21(17)29-20-12-6-7-13-20)31(14-8-11-19-9-4-3-5-10-19)25-24(30-22)26(32)28-18(2)27-25;1-15-13-20-21(14-19(15)27-18-10-11-18)29(12-6-9-17-7-4-3-5-8-17)23-22(28-20)24(30)26-16(2)25-23;1-14-12-17-18(13-15(14)2)26(11-7-6-10-16-8-4-3-5-9-16)20-19(23-17)21(27)25-22(28)24-20;1-14-12-18-19(13-15(14)2)26(11-7-10-17-8-5-4-6-9-17)21-20(25-18)22(27)24-16(3)23-21/h3-5,9-10,15-16,20,29H,2,6-8,11-14H2,1H3,(H,28,32);3-5,7-8,13-14,18,27H,2,6,9-12H2,1H3,(H,26,30);3-5,8-9,12-13H,6-7,10-11H2,1-2H3,(H,25,27,28);4-6,8-9,12-13H,3,7,10-11H2,1-2H3,(H,24,27). The molecule has 0 saturated heterocycles. The molecule has 0 amide bonds. The highest BCUT2D eigenvalue weighted by atomic mass is 16.2. The van der Waals surface area contributed by atoms with Crippen molar-refractivity contribution in [1.29, 1.82) is 0 Å². The van der Waals surface area contributed by atoms with Crippen LogP contribution in [-0.4, -0.2) is 81.1 Å². The summed E-state index contributed by atoms with van der Waals surface area (Å²) in [7, 11) is 0. The zero-order valence-electron chi connectivity index (χ0n) is 67.3. The van der Waals surface area contributed by atoms with E-state index in [1.54, 1.807) is 0 Å². The second kappa shape index (κ2) is 35.2. The van der Waals surface area contributed by atoms with Gasteiger partial charge in [0.15, 0.2) is 45.0 Å². The summed E-state index contributed by atoms with van der Waals surface area (Å²) >= 11 is 0. The van der Waals surface area contributed by atoms with Crippen LogP contribution in [0.25, 0.3) is 42.3 Å². The van der Waals surface area contributed by atoms with Crippen LogP contribution in [0.2, 0.25) is 0 Å². The Bertz CT molecular complexity index is 6520. The van der Waals surface area contributed by atoms with Gasteiger partial charge in [0.25, 0.3) is 22.2 Å². The number of anilines is 8. The first-order valence-corrected chi connectivity index (χ1v) is 40.6. The van der Waals surface area contributed by atoms with Crippen molar-refractivity contribution in [2.45, 2.75) is 156 Å². The number of aromatic nitrogens is 10. The number of H-pyrrole nitrogens is 4. The maximum atomic E-state index is 12.6. The molecule has 23 nitrogen and oxygen atoms in total. The van der Waals surface area contributed by atoms with Crippen LogP contribution in [0.15, 0.2) is 209 Å². The number of unbranched alkanes of at least 4 members (excludes halogenated alkanes) is 1. The van der Waals surface area contributed by atoms with E-state index in [0.29, 0.717) is 74.4 Å². The quantitative estimate of drug-likeness (QED) is 0.0288. The maximum Gasteiger partial charge on any atom is 0.349 e. The van der Waals surface area contributed by atoms with E-state index in [2.05, 4.69) is 249 Å². The molecule has 0 spiro atoms. The van der Waals surface area contributed by atoms with Gasteiger partial charge >= 0.3 is 5.69 Å². The van der Waals surface area contributed by atoms with Gasteiger partial charge in [0.2, 0.25) is 0 Å². The molecule has 117 heavy (non-hydrogen) atoms. The summed E-state index contributed by atoms with van der Waals surface area (Å²) < 4.78 is 1.96. The second-order valence-electron chi connectivity index (χ2n) is 31.1. The van der Waals surface area contributed by atoms with Crippen LogP contribution in [-0.2, 0) is 32.2 Å². The van der Waals surface area contributed by atoms with Crippen molar-refractivity contribution < 1.29 is 0 Å². The third kappa shape index (κ3) is 18.4. The Morgan fingerprint density at radius 2 is 0.744 bits per heavy atom. The monoisotopic (exact) mass is 1560 g/mol. The number of hydrogen-bond donors (Lipinski definition) is 6. The van der Waals surface area contributed by atoms with Crippen LogP contribution >= 0.6 is 0 Å². The van der Waals surface area contributed by atoms with Gasteiger partial charge in [-0.15, -0.1) is 0 Å². The number of hydrogen-bond acceptors (Lipinski definition) is 18. The average Bonchev–Trinajstić information content (AvgIpc) is 0.886. The molecule has 0 atom stereocenters. The topological polar surface area (TPSA) is 289 Å². The van der Waals surface area contributed by atoms with Crippen molar-refractivity contribution in [2.24, 2.45) is 15.0 Å². The molecule has 8 aromatic carbocycles. The van der Waals surface area contributed by atoms with E-state index < -0.39 is 11.2 Å². The minimum Gasteiger partial charge on any atom is -0.382 e. The van der Waals surface area contributed by atoms with E-state index in [0.717, 1.165) is 162 Å². The van der Waals surface area contributed by atoms with Gasteiger partial charge < -0.3 is 44.9 Å². The molecule has 0 radical (unpaired) electrons. The van der Waals surface area contributed by atoms with E-state index in [1.807, 2.05) is 66.9 Å². The number of fused-ring (bicyclic) bond motifs is 8. The van der Waals surface area contributed by atoms with Crippen molar-refractivity contribution in [2.75, 3.05) is 45.0 Å². The number of nitrogens with zero attached hydrogens (tertiary/aromatic N) is 12. The Morgan fingerprint density at radius 1 is 0.376 bits per heavy atom. The minimum absolute atomic E-state index is 0.207. The Morgan fingerprint density at radius 3 is 1.16 bits per heavy atom. The molecule has 2 fully saturated rings. The largest absolute Gasteiger partial charge is 0.382 e. The highest BCUT2D eigenvalue weighted by molar-refractivity contribution is 5.84. The van der Waals surface area contributed by atoms with E-state index in [4.69, 9.17) is 4.99 Å². The summed E-state index contributed by atoms with van der Waals surface area (Å²) in [5.74, 6) is 2.12. The SMILES string of the molecule is C=c1nc2c(c(=O)[nH]1)=Nc1cc(C)c(C)cc1N2CCCc1ccccc1.C=c1nc2c(c(=O)[nH]1)=Nc1cc(C)c(NC3CC3)cc1N2CCCc1ccccc1.C=c1nc2c(c(=O)[nH]1)=Nc1cc(C)c(NC3CCCC3)cc1N2CCCc1ccccc1.Cc1cc2nc3c(=O)[nH]c(=O)nc-3n(CCCCc3ccccc3)c2cc1C. The molecule has 2 aliphatic carbocycles. The molecule has 6 N–H and O–H groups in total. The van der Waals surface area contributed by atoms with Gasteiger partial charge in [0.1, 0.15) is 16.4 Å². The number of nitrogens with one attached hydrogen (secondary N) is 6. The fourth-order valence-electron chi connectivity index (χ4n) is 15.6. The molecule has 5 aliphatic heterocycles. The fraction of sp³-hybridized carbons (Fsp3) is 0.287. The first-order chi connectivity index (χ1) is 56.7. The van der Waals surface area contributed by atoms with Crippen LogP contribution in [0.5, 0.6) is 0 Å². The molecular weight excluding hydrogens is 1460 g/mol. The van der Waals surface area contributed by atoms with E-state index >= 15 is 0 Å². The van der Waals surface area contributed by atoms with E-state index in [9.17, 15) is 24.0 Å². The van der Waals surface area contributed by atoms with Crippen molar-refractivity contribution in [3.8, 4) is 11.5 Å². The Labute approximate surface area is 677 Å². The number of aromatic amines is 4.